The van der Waals surface area contributed by atoms with Gasteiger partial charge in [-0.15, -0.1) is 0 Å². The Labute approximate surface area is 498 Å². The summed E-state index contributed by atoms with van der Waals surface area (Å²) in [6, 6.07) is 51.9. The second-order valence-electron chi connectivity index (χ2n) is 23.4. The number of H-pyrrole nitrogens is 4. The Morgan fingerprint density at radius 2 is 0.405 bits per heavy atom. The van der Waals surface area contributed by atoms with Crippen LogP contribution in [0.15, 0.2) is 146 Å². The van der Waals surface area contributed by atoms with Gasteiger partial charge >= 0.3 is 0 Å². The fourth-order valence-electron chi connectivity index (χ4n) is 13.0. The van der Waals surface area contributed by atoms with Crippen LogP contribution in [0.25, 0.3) is 0 Å². The minimum absolute atomic E-state index is 0.106. The van der Waals surface area contributed by atoms with Crippen molar-refractivity contribution in [3.05, 3.63) is 236 Å². The van der Waals surface area contributed by atoms with E-state index in [0.29, 0.717) is 78.0 Å². The summed E-state index contributed by atoms with van der Waals surface area (Å²) in [5, 5.41) is 0. The van der Waals surface area contributed by atoms with Crippen molar-refractivity contribution >= 4 is 23.6 Å². The molecule has 8 bridgehead atoms. The molecule has 12 nitrogen and oxygen atoms in total. The predicted molar refractivity (Wildman–Crippen MR) is 338 cm³/mol. The molecular weight excluding hydrogens is 1040 g/mol. The third kappa shape index (κ3) is 11.1. The summed E-state index contributed by atoms with van der Waals surface area (Å²) in [6.45, 7) is 30.5. The van der Waals surface area contributed by atoms with Gasteiger partial charge in [-0.3, -0.25) is 19.2 Å². The van der Waals surface area contributed by atoms with Gasteiger partial charge in [0.25, 0.3) is 0 Å². The lowest BCUT2D eigenvalue weighted by atomic mass is 9.75. The number of fused-ring (bicyclic) bond motifs is 8. The van der Waals surface area contributed by atoms with Crippen molar-refractivity contribution in [2.45, 2.75) is 130 Å². The Morgan fingerprint density at radius 3 is 0.536 bits per heavy atom. The summed E-state index contributed by atoms with van der Waals surface area (Å²) < 4.78 is 0. The maximum atomic E-state index is 13.4. The first-order valence-electron chi connectivity index (χ1n) is 30.7. The van der Waals surface area contributed by atoms with Crippen molar-refractivity contribution in [1.29, 1.82) is 0 Å². The van der Waals surface area contributed by atoms with Crippen molar-refractivity contribution in [2.24, 2.45) is 0 Å². The average molecular weight is 1130 g/mol. The van der Waals surface area contributed by atoms with Crippen molar-refractivity contribution in [3.63, 3.8) is 0 Å². The van der Waals surface area contributed by atoms with E-state index in [2.05, 4.69) is 193 Å². The van der Waals surface area contributed by atoms with E-state index in [4.69, 9.17) is 0 Å². The maximum absolute atomic E-state index is 13.4. The summed E-state index contributed by atoms with van der Waals surface area (Å²) in [6.07, 6.45) is 1.27. The first-order valence-corrected chi connectivity index (χ1v) is 30.7. The quantitative estimate of drug-likeness (QED) is 0.0602. The number of carbonyl (C=O) groups is 4. The van der Waals surface area contributed by atoms with Gasteiger partial charge in [0.1, 0.15) is 0 Å². The largest absolute Gasteiger partial charge is 0.360 e. The Balaban J connectivity index is 1.26. The van der Waals surface area contributed by atoms with E-state index in [0.717, 1.165) is 90.1 Å². The van der Waals surface area contributed by atoms with Crippen molar-refractivity contribution < 1.29 is 19.2 Å². The molecular formula is C72H88N8O4. The fraction of sp³-hybridized carbons (Fsp3) is 0.389. The molecule has 0 fully saturated rings. The van der Waals surface area contributed by atoms with E-state index in [1.807, 2.05) is 75.0 Å². The minimum Gasteiger partial charge on any atom is -0.360 e. The molecule has 5 heterocycles. The van der Waals surface area contributed by atoms with Gasteiger partial charge in [-0.1, -0.05) is 97.1 Å². The molecule has 12 heteroatoms. The first kappa shape index (κ1) is 60.5. The molecule has 440 valence electrons. The van der Waals surface area contributed by atoms with Crippen molar-refractivity contribution in [3.8, 4) is 0 Å². The molecule has 1 aliphatic rings. The average Bonchev–Trinajstić information content (AvgIpc) is 2.13. The summed E-state index contributed by atoms with van der Waals surface area (Å²) in [5.74, 6) is 0.424. The number of rotatable bonds is 20. The predicted octanol–water partition coefficient (Wildman–Crippen LogP) is 12.4. The zero-order valence-corrected chi connectivity index (χ0v) is 51.8. The fourth-order valence-corrected chi connectivity index (χ4v) is 13.0. The highest BCUT2D eigenvalue weighted by Crippen LogP contribution is 2.48. The molecule has 8 aromatic rings. The summed E-state index contributed by atoms with van der Waals surface area (Å²) in [5.41, 5.74) is 12.7. The van der Waals surface area contributed by atoms with Crippen LogP contribution in [0.3, 0.4) is 0 Å². The van der Waals surface area contributed by atoms with E-state index in [9.17, 15) is 19.2 Å². The molecule has 0 aliphatic carbocycles. The molecule has 0 radical (unpaired) electrons. The topological polar surface area (TPSA) is 144 Å². The van der Waals surface area contributed by atoms with Crippen LogP contribution in [0, 0.1) is 0 Å². The summed E-state index contributed by atoms with van der Waals surface area (Å²) in [7, 11) is 0. The summed E-state index contributed by atoms with van der Waals surface area (Å²) in [4.78, 5) is 77.6. The normalized spacial score (nSPS) is 19.2. The zero-order valence-electron chi connectivity index (χ0n) is 51.8. The van der Waals surface area contributed by atoms with Crippen LogP contribution >= 0.6 is 0 Å². The number of likely N-dealkylation sites (N-methyl/N-ethyl adjacent to an activating group) is 4. The highest BCUT2D eigenvalue weighted by Gasteiger charge is 2.44. The third-order valence-corrected chi connectivity index (χ3v) is 19.1. The maximum Gasteiger partial charge on any atom is 0.226 e. The smallest absolute Gasteiger partial charge is 0.226 e. The molecule has 9 rings (SSSR count). The van der Waals surface area contributed by atoms with Gasteiger partial charge in [0.15, 0.2) is 0 Å². The van der Waals surface area contributed by atoms with Gasteiger partial charge in [-0.2, -0.15) is 0 Å². The Kier molecular flexibility index (Phi) is 18.0. The number of aromatic amines is 4. The molecule has 0 saturated heterocycles. The van der Waals surface area contributed by atoms with E-state index >= 15 is 0 Å². The molecule has 1 aliphatic heterocycles. The Morgan fingerprint density at radius 1 is 0.262 bits per heavy atom. The number of hydrogen-bond acceptors (Lipinski definition) is 4. The Hall–Kier alpha value is -8.12. The van der Waals surface area contributed by atoms with E-state index in [-0.39, 0.29) is 23.6 Å². The molecule has 4 aromatic heterocycles. The van der Waals surface area contributed by atoms with Gasteiger partial charge < -0.3 is 39.5 Å². The van der Waals surface area contributed by atoms with Crippen LogP contribution in [0.4, 0.5) is 0 Å². The van der Waals surface area contributed by atoms with Gasteiger partial charge in [0, 0.05) is 97.9 Å². The molecule has 0 spiro atoms. The first-order chi connectivity index (χ1) is 40.4. The van der Waals surface area contributed by atoms with Gasteiger partial charge in [0.2, 0.25) is 23.6 Å². The van der Waals surface area contributed by atoms with Crippen molar-refractivity contribution in [2.75, 3.05) is 52.4 Å². The standard InChI is InChI=1S/C72H88N8O4/c1-13-77(14-2)65(81)45-49-21-29-53(30-22-49)69(9)57-37-39-59(73-57)70(10,54-31-23-50(24-32-54)46-66(82)78(15-3)16-4)61-41-43-63(75-61)72(12,56-35-27-52(28-36-56)48-68(84)80(19-7)20-8)64-44-42-62(76-64)71(11,60-40-38-58(69)74-60)55-33-25-51(26-34-55)47-67(83)79(17-5)18-6/h21-44,73-76H,13-20,45-48H2,1-12H3. The van der Waals surface area contributed by atoms with E-state index in [1.165, 1.54) is 0 Å². The third-order valence-electron chi connectivity index (χ3n) is 19.1. The lowest BCUT2D eigenvalue weighted by molar-refractivity contribution is -0.130. The number of aromatic nitrogens is 4. The second-order valence-corrected chi connectivity index (χ2v) is 23.4. The van der Waals surface area contributed by atoms with Crippen LogP contribution < -0.4 is 0 Å². The summed E-state index contributed by atoms with van der Waals surface area (Å²) >= 11 is 0. The highest BCUT2D eigenvalue weighted by atomic mass is 16.2. The lowest BCUT2D eigenvalue weighted by Gasteiger charge is -2.34. The van der Waals surface area contributed by atoms with E-state index in [1.54, 1.807) is 0 Å². The number of benzene rings is 4. The molecule has 84 heavy (non-hydrogen) atoms. The van der Waals surface area contributed by atoms with Crippen LogP contribution in [0.2, 0.25) is 0 Å². The Bertz CT molecular complexity index is 3000. The monoisotopic (exact) mass is 1130 g/mol. The van der Waals surface area contributed by atoms with Crippen LogP contribution in [-0.4, -0.2) is 116 Å². The number of hydrogen-bond donors (Lipinski definition) is 4. The minimum atomic E-state index is -0.775. The molecule has 0 atom stereocenters. The van der Waals surface area contributed by atoms with Gasteiger partial charge in [-0.05, 0) is 176 Å². The second kappa shape index (κ2) is 25.0. The van der Waals surface area contributed by atoms with Crippen LogP contribution in [0.5, 0.6) is 0 Å². The molecule has 4 N–H and O–H groups in total. The van der Waals surface area contributed by atoms with Gasteiger partial charge in [-0.25, -0.2) is 0 Å². The zero-order chi connectivity index (χ0) is 60.1. The molecule has 4 aromatic carbocycles. The number of nitrogens with one attached hydrogen (secondary N) is 4. The number of amides is 4. The van der Waals surface area contributed by atoms with Crippen molar-refractivity contribution in [1.82, 2.24) is 39.5 Å². The molecule has 4 amide bonds. The SMILES string of the molecule is CCN(CC)C(=O)Cc1ccc(C2(C)c3ccc([nH]3)C(C)(c3ccc(CC(=O)N(CC)CC)cc3)c3ccc([nH]3)C(C)(c3ccc(CC(=O)N(CC)CC)cc3)c3ccc([nH]3)C(C)(c3ccc(CC(=O)N(CC)CC)cc3)c3ccc2[nH]3)cc1. The van der Waals surface area contributed by atoms with E-state index < -0.39 is 21.7 Å². The van der Waals surface area contributed by atoms with Crippen LogP contribution in [-0.2, 0) is 66.5 Å². The molecule has 0 unspecified atom stereocenters. The lowest BCUT2D eigenvalue weighted by Crippen LogP contribution is -2.32. The number of nitrogens with zero attached hydrogens (tertiary/aromatic N) is 4. The highest BCUT2D eigenvalue weighted by molar-refractivity contribution is 5.80. The molecule has 0 saturated carbocycles. The van der Waals surface area contributed by atoms with Crippen LogP contribution in [0.1, 0.15) is 173 Å². The number of carbonyl (C=O) groups excluding carboxylic acids is 4. The van der Waals surface area contributed by atoms with Gasteiger partial charge in [0.05, 0.1) is 47.3 Å².